The Morgan fingerprint density at radius 2 is 1.95 bits per heavy atom. The Balaban J connectivity index is 2.03. The molecule has 2 heterocycles. The molecule has 1 N–H and O–H groups in total. The number of aromatic carboxylic acids is 1. The number of fused-ring (bicyclic) bond motifs is 1. The van der Waals surface area contributed by atoms with Crippen molar-refractivity contribution in [3.05, 3.63) is 59.9 Å². The highest BCUT2D eigenvalue weighted by atomic mass is 16.4. The van der Waals surface area contributed by atoms with Crippen molar-refractivity contribution in [1.82, 2.24) is 9.38 Å². The van der Waals surface area contributed by atoms with E-state index in [1.165, 1.54) is 5.56 Å². The quantitative estimate of drug-likeness (QED) is 0.738. The summed E-state index contributed by atoms with van der Waals surface area (Å²) in [5.41, 5.74) is 2.29. The van der Waals surface area contributed by atoms with Crippen LogP contribution in [-0.4, -0.2) is 20.5 Å². The first-order valence-corrected chi connectivity index (χ1v) is 6.90. The minimum atomic E-state index is -1.13. The van der Waals surface area contributed by atoms with Gasteiger partial charge in [0.1, 0.15) is 5.65 Å². The lowest BCUT2D eigenvalue weighted by molar-refractivity contribution is 0.0692. The van der Waals surface area contributed by atoms with E-state index in [0.717, 1.165) is 6.42 Å². The summed E-state index contributed by atoms with van der Waals surface area (Å²) in [6.07, 6.45) is 2.66. The Labute approximate surface area is 126 Å². The van der Waals surface area contributed by atoms with Gasteiger partial charge in [0, 0.05) is 6.20 Å². The second-order valence-corrected chi connectivity index (χ2v) is 4.74. The molecule has 110 valence electrons. The molecule has 0 unspecified atom stereocenters. The van der Waals surface area contributed by atoms with Crippen LogP contribution < -0.4 is 0 Å². The monoisotopic (exact) mass is 294 g/mol. The van der Waals surface area contributed by atoms with E-state index in [1.54, 1.807) is 28.8 Å². The number of imidazole rings is 1. The molecule has 22 heavy (non-hydrogen) atoms. The van der Waals surface area contributed by atoms with Crippen LogP contribution in [0.5, 0.6) is 0 Å². The van der Waals surface area contributed by atoms with Crippen LogP contribution in [0.2, 0.25) is 0 Å². The summed E-state index contributed by atoms with van der Waals surface area (Å²) >= 11 is 0. The fourth-order valence-corrected chi connectivity index (χ4v) is 2.13. The van der Waals surface area contributed by atoms with Gasteiger partial charge in [0.2, 0.25) is 0 Å². The zero-order valence-electron chi connectivity index (χ0n) is 12.0. The molecule has 0 amide bonds. The van der Waals surface area contributed by atoms with Gasteiger partial charge >= 0.3 is 5.97 Å². The summed E-state index contributed by atoms with van der Waals surface area (Å²) in [4.78, 5) is 15.4. The van der Waals surface area contributed by atoms with E-state index >= 15 is 0 Å². The molecule has 0 fully saturated rings. The Kier molecular flexibility index (Phi) is 3.65. The number of rotatable bonds is 4. The number of pyridine rings is 1. The highest BCUT2D eigenvalue weighted by Crippen LogP contribution is 2.24. The molecular weight excluding hydrogens is 280 g/mol. The van der Waals surface area contributed by atoms with E-state index in [1.807, 2.05) is 24.3 Å². The number of aryl methyl sites for hydroxylation is 1. The minimum absolute atomic E-state index is 0.111. The molecule has 6 nitrogen and oxygen atoms in total. The summed E-state index contributed by atoms with van der Waals surface area (Å²) in [5, 5.41) is 17.5. The van der Waals surface area contributed by atoms with E-state index in [9.17, 15) is 9.90 Å². The van der Waals surface area contributed by atoms with Gasteiger partial charge in [0.05, 0.1) is 5.69 Å². The van der Waals surface area contributed by atoms with Gasteiger partial charge in [-0.2, -0.15) is 0 Å². The molecule has 0 saturated heterocycles. The van der Waals surface area contributed by atoms with E-state index in [2.05, 4.69) is 22.1 Å². The SMILES string of the molecule is CCc1ccc(N=Nc2c(C(=O)O)nc3ccccn23)cc1. The molecule has 2 aromatic heterocycles. The van der Waals surface area contributed by atoms with Crippen LogP contribution in [0, 0.1) is 0 Å². The predicted molar refractivity (Wildman–Crippen MR) is 82.1 cm³/mol. The Bertz CT molecular complexity index is 850. The largest absolute Gasteiger partial charge is 0.476 e. The summed E-state index contributed by atoms with van der Waals surface area (Å²) in [7, 11) is 0. The topological polar surface area (TPSA) is 79.3 Å². The third-order valence-electron chi connectivity index (χ3n) is 3.31. The van der Waals surface area contributed by atoms with Gasteiger partial charge in [0.25, 0.3) is 0 Å². The maximum absolute atomic E-state index is 11.3. The van der Waals surface area contributed by atoms with Crippen molar-refractivity contribution < 1.29 is 9.90 Å². The van der Waals surface area contributed by atoms with Crippen molar-refractivity contribution in [2.75, 3.05) is 0 Å². The fraction of sp³-hybridized carbons (Fsp3) is 0.125. The molecule has 0 aliphatic rings. The lowest BCUT2D eigenvalue weighted by Gasteiger charge is -1.97. The fourth-order valence-electron chi connectivity index (χ4n) is 2.13. The minimum Gasteiger partial charge on any atom is -0.476 e. The van der Waals surface area contributed by atoms with E-state index in [0.29, 0.717) is 11.3 Å². The molecule has 0 bridgehead atoms. The lowest BCUT2D eigenvalue weighted by atomic mass is 10.2. The molecule has 1 aromatic carbocycles. The number of azo groups is 1. The standard InChI is InChI=1S/C16H14N4O2/c1-2-11-6-8-12(9-7-11)18-19-15-14(16(21)22)17-13-5-3-4-10-20(13)15/h3-10H,2H2,1H3,(H,21,22). The number of nitrogens with zero attached hydrogens (tertiary/aromatic N) is 4. The van der Waals surface area contributed by atoms with Crippen molar-refractivity contribution in [1.29, 1.82) is 0 Å². The van der Waals surface area contributed by atoms with E-state index in [4.69, 9.17) is 0 Å². The number of carbonyl (C=O) groups is 1. The zero-order valence-corrected chi connectivity index (χ0v) is 12.0. The molecule has 6 heteroatoms. The highest BCUT2D eigenvalue weighted by Gasteiger charge is 2.17. The molecular formula is C16H14N4O2. The molecule has 0 saturated carbocycles. The van der Waals surface area contributed by atoms with Crippen molar-refractivity contribution in [2.45, 2.75) is 13.3 Å². The van der Waals surface area contributed by atoms with Gasteiger partial charge in [-0.3, -0.25) is 4.40 Å². The smallest absolute Gasteiger partial charge is 0.358 e. The lowest BCUT2D eigenvalue weighted by Crippen LogP contribution is -1.96. The second kappa shape index (κ2) is 5.77. The molecule has 0 radical (unpaired) electrons. The molecule has 0 spiro atoms. The van der Waals surface area contributed by atoms with Gasteiger partial charge in [-0.15, -0.1) is 10.2 Å². The van der Waals surface area contributed by atoms with E-state index < -0.39 is 5.97 Å². The number of hydrogen-bond acceptors (Lipinski definition) is 4. The maximum atomic E-state index is 11.3. The first-order chi connectivity index (χ1) is 10.7. The van der Waals surface area contributed by atoms with Crippen molar-refractivity contribution in [3.63, 3.8) is 0 Å². The number of carboxylic acids is 1. The predicted octanol–water partition coefficient (Wildman–Crippen LogP) is 4.01. The average molecular weight is 294 g/mol. The highest BCUT2D eigenvalue weighted by molar-refractivity contribution is 5.91. The Morgan fingerprint density at radius 1 is 1.18 bits per heavy atom. The molecule has 3 rings (SSSR count). The maximum Gasteiger partial charge on any atom is 0.358 e. The van der Waals surface area contributed by atoms with Gasteiger partial charge in [0.15, 0.2) is 11.5 Å². The second-order valence-electron chi connectivity index (χ2n) is 4.74. The molecule has 0 aliphatic heterocycles. The molecule has 3 aromatic rings. The Morgan fingerprint density at radius 3 is 2.64 bits per heavy atom. The zero-order chi connectivity index (χ0) is 15.5. The van der Waals surface area contributed by atoms with Crippen LogP contribution >= 0.6 is 0 Å². The van der Waals surface area contributed by atoms with Crippen molar-refractivity contribution in [2.24, 2.45) is 10.2 Å². The first-order valence-electron chi connectivity index (χ1n) is 6.90. The number of aromatic nitrogens is 2. The van der Waals surface area contributed by atoms with Crippen LogP contribution in [0.25, 0.3) is 5.65 Å². The van der Waals surface area contributed by atoms with Gasteiger partial charge in [-0.25, -0.2) is 9.78 Å². The Hall–Kier alpha value is -3.02. The number of hydrogen-bond donors (Lipinski definition) is 1. The summed E-state index contributed by atoms with van der Waals surface area (Å²) < 4.78 is 1.60. The average Bonchev–Trinajstić information content (AvgIpc) is 2.92. The van der Waals surface area contributed by atoms with Gasteiger partial charge in [-0.1, -0.05) is 25.1 Å². The van der Waals surface area contributed by atoms with Crippen molar-refractivity contribution in [3.8, 4) is 0 Å². The van der Waals surface area contributed by atoms with Crippen LogP contribution in [0.4, 0.5) is 11.5 Å². The van der Waals surface area contributed by atoms with Crippen LogP contribution in [0.1, 0.15) is 23.0 Å². The number of benzene rings is 1. The normalized spacial score (nSPS) is 11.3. The molecule has 0 aliphatic carbocycles. The van der Waals surface area contributed by atoms with Gasteiger partial charge in [-0.05, 0) is 36.2 Å². The van der Waals surface area contributed by atoms with Gasteiger partial charge < -0.3 is 5.11 Å². The number of carboxylic acid groups (broad SMARTS) is 1. The third kappa shape index (κ3) is 2.58. The van der Waals surface area contributed by atoms with E-state index in [-0.39, 0.29) is 11.5 Å². The summed E-state index contributed by atoms with van der Waals surface area (Å²) in [6, 6.07) is 13.0. The summed E-state index contributed by atoms with van der Waals surface area (Å²) in [5.74, 6) is -0.915. The van der Waals surface area contributed by atoms with Crippen LogP contribution in [0.3, 0.4) is 0 Å². The first kappa shape index (κ1) is 13.9. The van der Waals surface area contributed by atoms with Crippen LogP contribution in [-0.2, 0) is 6.42 Å². The van der Waals surface area contributed by atoms with Crippen LogP contribution in [0.15, 0.2) is 58.9 Å². The van der Waals surface area contributed by atoms with Crippen molar-refractivity contribution >= 4 is 23.1 Å². The third-order valence-corrected chi connectivity index (χ3v) is 3.31. The summed E-state index contributed by atoms with van der Waals surface area (Å²) in [6.45, 7) is 2.08. The molecule has 0 atom stereocenters.